The summed E-state index contributed by atoms with van der Waals surface area (Å²) in [7, 11) is 1.54. The molecule has 0 saturated carbocycles. The van der Waals surface area contributed by atoms with Crippen molar-refractivity contribution in [2.45, 2.75) is 57.4 Å². The highest BCUT2D eigenvalue weighted by atomic mass is 16.6. The summed E-state index contributed by atoms with van der Waals surface area (Å²) in [4.78, 5) is 31.9. The molecule has 5 rings (SSSR count). The fraction of sp³-hybridized carbons (Fsp3) is 0.448. The van der Waals surface area contributed by atoms with Gasteiger partial charge in [-0.1, -0.05) is 17.7 Å². The SMILES string of the molecule is COc1cc(O[C@@H]2CO[C@@H](C(=O)Nc3cnn(CC(=O)N4CCCC[C@H]4COc4ccc(C)cc4)c3)C2)ccn1. The molecule has 2 aromatic heterocycles. The van der Waals surface area contributed by atoms with E-state index in [0.717, 1.165) is 25.0 Å². The van der Waals surface area contributed by atoms with Crippen LogP contribution >= 0.6 is 0 Å². The third-order valence-corrected chi connectivity index (χ3v) is 7.08. The van der Waals surface area contributed by atoms with Crippen LogP contribution in [0.1, 0.15) is 31.2 Å². The number of amides is 2. The fourth-order valence-electron chi connectivity index (χ4n) is 4.93. The van der Waals surface area contributed by atoms with E-state index in [9.17, 15) is 9.59 Å². The first-order valence-electron chi connectivity index (χ1n) is 13.6. The van der Waals surface area contributed by atoms with Crippen molar-refractivity contribution in [3.8, 4) is 17.4 Å². The highest BCUT2D eigenvalue weighted by Gasteiger charge is 2.33. The minimum absolute atomic E-state index is 0.0141. The number of rotatable bonds is 10. The Hall–Kier alpha value is -4.12. The van der Waals surface area contributed by atoms with Gasteiger partial charge in [0.05, 0.1) is 31.6 Å². The predicted octanol–water partition coefficient (Wildman–Crippen LogP) is 3.23. The zero-order valence-electron chi connectivity index (χ0n) is 22.8. The molecule has 212 valence electrons. The Morgan fingerprint density at radius 2 is 2.00 bits per heavy atom. The molecule has 2 aliphatic rings. The second-order valence-electron chi connectivity index (χ2n) is 10.1. The number of anilines is 1. The number of methoxy groups -OCH3 is 1. The lowest BCUT2D eigenvalue weighted by Gasteiger charge is -2.35. The van der Waals surface area contributed by atoms with Crippen LogP contribution in [0.5, 0.6) is 17.4 Å². The molecule has 3 atom stereocenters. The van der Waals surface area contributed by atoms with E-state index in [1.807, 2.05) is 36.1 Å². The maximum absolute atomic E-state index is 13.2. The Bertz CT molecular complexity index is 1300. The zero-order valence-corrected chi connectivity index (χ0v) is 22.8. The molecule has 3 aromatic rings. The van der Waals surface area contributed by atoms with Crippen LogP contribution in [0, 0.1) is 6.92 Å². The molecule has 40 heavy (non-hydrogen) atoms. The number of pyridine rings is 1. The lowest BCUT2D eigenvalue weighted by Crippen LogP contribution is -2.48. The highest BCUT2D eigenvalue weighted by molar-refractivity contribution is 5.94. The molecule has 1 aromatic carbocycles. The van der Waals surface area contributed by atoms with Crippen LogP contribution in [0.3, 0.4) is 0 Å². The van der Waals surface area contributed by atoms with E-state index in [4.69, 9.17) is 18.9 Å². The number of carbonyl (C=O) groups is 2. The first-order valence-corrected chi connectivity index (χ1v) is 13.6. The van der Waals surface area contributed by atoms with Gasteiger partial charge in [-0.25, -0.2) is 4.98 Å². The number of piperidine rings is 1. The summed E-state index contributed by atoms with van der Waals surface area (Å²) in [6.45, 7) is 3.56. The summed E-state index contributed by atoms with van der Waals surface area (Å²) in [5, 5.41) is 7.12. The average molecular weight is 550 g/mol. The molecule has 0 spiro atoms. The maximum atomic E-state index is 13.2. The van der Waals surface area contributed by atoms with Gasteiger partial charge < -0.3 is 29.2 Å². The van der Waals surface area contributed by atoms with Crippen LogP contribution in [0.15, 0.2) is 55.0 Å². The summed E-state index contributed by atoms with van der Waals surface area (Å²) < 4.78 is 24.2. The van der Waals surface area contributed by atoms with Gasteiger partial charge in [-0.2, -0.15) is 5.10 Å². The Morgan fingerprint density at radius 3 is 2.83 bits per heavy atom. The fourth-order valence-corrected chi connectivity index (χ4v) is 4.93. The van der Waals surface area contributed by atoms with Crippen molar-refractivity contribution in [2.75, 3.05) is 32.2 Å². The summed E-state index contributed by atoms with van der Waals surface area (Å²) >= 11 is 0. The van der Waals surface area contributed by atoms with Gasteiger partial charge in [-0.3, -0.25) is 14.3 Å². The van der Waals surface area contributed by atoms with E-state index < -0.39 is 6.10 Å². The second kappa shape index (κ2) is 12.8. The van der Waals surface area contributed by atoms with E-state index >= 15 is 0 Å². The van der Waals surface area contributed by atoms with Crippen LogP contribution in [-0.4, -0.2) is 76.6 Å². The van der Waals surface area contributed by atoms with E-state index in [2.05, 4.69) is 15.4 Å². The molecule has 11 heteroatoms. The number of aryl methyl sites for hydroxylation is 1. The van der Waals surface area contributed by atoms with Crippen LogP contribution in [-0.2, 0) is 20.9 Å². The van der Waals surface area contributed by atoms with Gasteiger partial charge in [0, 0.05) is 31.4 Å². The molecule has 0 aliphatic carbocycles. The molecule has 0 radical (unpaired) electrons. The number of aromatic nitrogens is 3. The molecule has 2 fully saturated rings. The van der Waals surface area contributed by atoms with E-state index in [1.54, 1.807) is 29.2 Å². The smallest absolute Gasteiger partial charge is 0.253 e. The molecular formula is C29H35N5O6. The van der Waals surface area contributed by atoms with Crippen LogP contribution in [0.25, 0.3) is 0 Å². The third kappa shape index (κ3) is 7.09. The lowest BCUT2D eigenvalue weighted by atomic mass is 10.0. The first-order chi connectivity index (χ1) is 19.5. The van der Waals surface area contributed by atoms with Gasteiger partial charge in [-0.05, 0) is 44.4 Å². The lowest BCUT2D eigenvalue weighted by molar-refractivity contribution is -0.136. The van der Waals surface area contributed by atoms with Crippen LogP contribution in [0.2, 0.25) is 0 Å². The van der Waals surface area contributed by atoms with Crippen molar-refractivity contribution in [2.24, 2.45) is 0 Å². The Labute approximate surface area is 233 Å². The summed E-state index contributed by atoms with van der Waals surface area (Å²) in [6, 6.07) is 11.4. The van der Waals surface area contributed by atoms with Crippen molar-refractivity contribution in [1.82, 2.24) is 19.7 Å². The number of hydrogen-bond acceptors (Lipinski definition) is 8. The largest absolute Gasteiger partial charge is 0.491 e. The number of carbonyl (C=O) groups excluding carboxylic acids is 2. The quantitative estimate of drug-likeness (QED) is 0.410. The maximum Gasteiger partial charge on any atom is 0.253 e. The van der Waals surface area contributed by atoms with Gasteiger partial charge in [0.15, 0.2) is 0 Å². The molecule has 1 N–H and O–H groups in total. The number of nitrogens with one attached hydrogen (secondary N) is 1. The minimum atomic E-state index is -0.652. The van der Waals surface area contributed by atoms with Crippen LogP contribution in [0.4, 0.5) is 5.69 Å². The van der Waals surface area contributed by atoms with Crippen molar-refractivity contribution < 1.29 is 28.5 Å². The minimum Gasteiger partial charge on any atom is -0.491 e. The molecule has 11 nitrogen and oxygen atoms in total. The molecule has 2 aliphatic heterocycles. The van der Waals surface area contributed by atoms with E-state index in [1.165, 1.54) is 18.9 Å². The second-order valence-corrected chi connectivity index (χ2v) is 10.1. The van der Waals surface area contributed by atoms with Gasteiger partial charge in [0.25, 0.3) is 5.91 Å². The number of likely N-dealkylation sites (tertiary alicyclic amines) is 1. The Kier molecular flexibility index (Phi) is 8.80. The van der Waals surface area contributed by atoms with Gasteiger partial charge >= 0.3 is 0 Å². The number of hydrogen-bond donors (Lipinski definition) is 1. The highest BCUT2D eigenvalue weighted by Crippen LogP contribution is 2.24. The molecule has 4 heterocycles. The number of benzene rings is 1. The summed E-state index contributed by atoms with van der Waals surface area (Å²) in [5.74, 6) is 1.55. The van der Waals surface area contributed by atoms with Gasteiger partial charge in [-0.15, -0.1) is 0 Å². The molecule has 0 bridgehead atoms. The monoisotopic (exact) mass is 549 g/mol. The van der Waals surface area contributed by atoms with E-state index in [0.29, 0.717) is 43.5 Å². The van der Waals surface area contributed by atoms with Crippen molar-refractivity contribution in [3.63, 3.8) is 0 Å². The first kappa shape index (κ1) is 27.4. The Balaban J connectivity index is 1.10. The average Bonchev–Trinajstić information content (AvgIpc) is 3.62. The standard InChI is InChI=1S/C29H35N5O6/c1-20-6-8-23(9-7-20)38-18-22-5-3-4-12-34(22)28(35)17-33-16-21(15-31-33)32-29(36)26-13-25(19-39-26)40-24-10-11-30-27(14-24)37-2/h6-11,14-16,22,25-26H,3-5,12-13,17-19H2,1-2H3,(H,32,36)/t22-,25-,26+/m0/s1. The summed E-state index contributed by atoms with van der Waals surface area (Å²) in [5.41, 5.74) is 1.68. The van der Waals surface area contributed by atoms with Crippen LogP contribution < -0.4 is 19.5 Å². The topological polar surface area (TPSA) is 117 Å². The third-order valence-electron chi connectivity index (χ3n) is 7.08. The number of ether oxygens (including phenoxy) is 4. The Morgan fingerprint density at radius 1 is 1.15 bits per heavy atom. The molecule has 2 saturated heterocycles. The predicted molar refractivity (Wildman–Crippen MR) is 146 cm³/mol. The molecule has 0 unspecified atom stereocenters. The van der Waals surface area contributed by atoms with Crippen molar-refractivity contribution >= 4 is 17.5 Å². The summed E-state index contributed by atoms with van der Waals surface area (Å²) in [6.07, 6.45) is 7.21. The number of nitrogens with zero attached hydrogens (tertiary/aromatic N) is 4. The van der Waals surface area contributed by atoms with E-state index in [-0.39, 0.29) is 30.5 Å². The zero-order chi connectivity index (χ0) is 27.9. The van der Waals surface area contributed by atoms with Gasteiger partial charge in [0.1, 0.15) is 36.9 Å². The van der Waals surface area contributed by atoms with Gasteiger partial charge in [0.2, 0.25) is 11.8 Å². The normalized spacial score (nSPS) is 20.6. The molecule has 2 amide bonds. The van der Waals surface area contributed by atoms with Crippen molar-refractivity contribution in [3.05, 3.63) is 60.6 Å². The van der Waals surface area contributed by atoms with Crippen molar-refractivity contribution in [1.29, 1.82) is 0 Å². The molecular weight excluding hydrogens is 514 g/mol.